The first-order valence-corrected chi connectivity index (χ1v) is 8.84. The third-order valence-corrected chi connectivity index (χ3v) is 4.29. The standard InChI is InChI=1S/C20H22ClFN2O2/c1-13(2)18(24-19(25)16-8-3-4-9-17(16)21)20(26)23-11-10-14-6-5-7-15(22)12-14/h3-9,12-13,18H,10-11H2,1-2H3,(H,23,26)(H,24,25). The maximum Gasteiger partial charge on any atom is 0.253 e. The predicted molar refractivity (Wildman–Crippen MR) is 101 cm³/mol. The van der Waals surface area contributed by atoms with Crippen LogP contribution in [0, 0.1) is 11.7 Å². The van der Waals surface area contributed by atoms with Crippen LogP contribution in [0.25, 0.3) is 0 Å². The van der Waals surface area contributed by atoms with Gasteiger partial charge in [0, 0.05) is 6.54 Å². The third kappa shape index (κ3) is 5.56. The number of carbonyl (C=O) groups excluding carboxylic acids is 2. The molecule has 0 fully saturated rings. The number of nitrogens with one attached hydrogen (secondary N) is 2. The van der Waals surface area contributed by atoms with E-state index in [1.54, 1.807) is 36.4 Å². The molecular weight excluding hydrogens is 355 g/mol. The molecule has 1 unspecified atom stereocenters. The number of benzene rings is 2. The van der Waals surface area contributed by atoms with Crippen LogP contribution in [-0.4, -0.2) is 24.4 Å². The molecule has 0 saturated heterocycles. The minimum atomic E-state index is -0.689. The first-order valence-electron chi connectivity index (χ1n) is 8.46. The molecule has 0 heterocycles. The van der Waals surface area contributed by atoms with Gasteiger partial charge in [-0.2, -0.15) is 0 Å². The molecule has 0 aromatic heterocycles. The lowest BCUT2D eigenvalue weighted by Gasteiger charge is -2.22. The van der Waals surface area contributed by atoms with Crippen molar-refractivity contribution in [2.24, 2.45) is 5.92 Å². The fourth-order valence-electron chi connectivity index (χ4n) is 2.53. The van der Waals surface area contributed by atoms with E-state index >= 15 is 0 Å². The van der Waals surface area contributed by atoms with Crippen LogP contribution in [0.2, 0.25) is 5.02 Å². The molecule has 2 aromatic rings. The number of amides is 2. The Morgan fingerprint density at radius 2 is 1.85 bits per heavy atom. The molecule has 0 bridgehead atoms. The van der Waals surface area contributed by atoms with Gasteiger partial charge in [0.25, 0.3) is 5.91 Å². The Bertz CT molecular complexity index is 780. The summed E-state index contributed by atoms with van der Waals surface area (Å²) in [6.07, 6.45) is 0.507. The van der Waals surface area contributed by atoms with E-state index in [9.17, 15) is 14.0 Å². The summed E-state index contributed by atoms with van der Waals surface area (Å²) in [6, 6.07) is 12.2. The van der Waals surface area contributed by atoms with E-state index in [1.807, 2.05) is 13.8 Å². The lowest BCUT2D eigenvalue weighted by atomic mass is 10.0. The summed E-state index contributed by atoms with van der Waals surface area (Å²) >= 11 is 6.03. The molecule has 138 valence electrons. The predicted octanol–water partition coefficient (Wildman–Crippen LogP) is 3.59. The average molecular weight is 377 g/mol. The van der Waals surface area contributed by atoms with Crippen LogP contribution in [0.3, 0.4) is 0 Å². The molecule has 0 saturated carbocycles. The molecule has 6 heteroatoms. The molecule has 2 N–H and O–H groups in total. The van der Waals surface area contributed by atoms with Gasteiger partial charge < -0.3 is 10.6 Å². The van der Waals surface area contributed by atoms with Crippen LogP contribution in [0.15, 0.2) is 48.5 Å². The second kappa shape index (κ2) is 9.34. The maximum atomic E-state index is 13.2. The first-order chi connectivity index (χ1) is 12.4. The van der Waals surface area contributed by atoms with Gasteiger partial charge in [0.2, 0.25) is 5.91 Å². The number of rotatable bonds is 7. The summed E-state index contributed by atoms with van der Waals surface area (Å²) < 4.78 is 13.2. The Kier molecular flexibility index (Phi) is 7.16. The van der Waals surface area contributed by atoms with Gasteiger partial charge in [-0.3, -0.25) is 9.59 Å². The lowest BCUT2D eigenvalue weighted by molar-refractivity contribution is -0.123. The zero-order valence-corrected chi connectivity index (χ0v) is 15.5. The topological polar surface area (TPSA) is 58.2 Å². The van der Waals surface area contributed by atoms with Gasteiger partial charge in [0.05, 0.1) is 10.6 Å². The van der Waals surface area contributed by atoms with Gasteiger partial charge in [-0.05, 0) is 42.2 Å². The van der Waals surface area contributed by atoms with Crippen molar-refractivity contribution in [1.29, 1.82) is 0 Å². The molecule has 0 aliphatic rings. The molecular formula is C20H22ClFN2O2. The molecule has 0 radical (unpaired) electrons. The minimum absolute atomic E-state index is 0.101. The van der Waals surface area contributed by atoms with Crippen LogP contribution >= 0.6 is 11.6 Å². The van der Waals surface area contributed by atoms with Crippen molar-refractivity contribution in [2.75, 3.05) is 6.54 Å². The minimum Gasteiger partial charge on any atom is -0.354 e. The van der Waals surface area contributed by atoms with Gasteiger partial charge in [0.15, 0.2) is 0 Å². The largest absolute Gasteiger partial charge is 0.354 e. The van der Waals surface area contributed by atoms with Crippen molar-refractivity contribution < 1.29 is 14.0 Å². The van der Waals surface area contributed by atoms with Crippen LogP contribution in [0.1, 0.15) is 29.8 Å². The monoisotopic (exact) mass is 376 g/mol. The quantitative estimate of drug-likeness (QED) is 0.775. The molecule has 26 heavy (non-hydrogen) atoms. The number of hydrogen-bond acceptors (Lipinski definition) is 2. The van der Waals surface area contributed by atoms with Crippen LogP contribution in [0.5, 0.6) is 0 Å². The lowest BCUT2D eigenvalue weighted by Crippen LogP contribution is -2.50. The van der Waals surface area contributed by atoms with E-state index in [0.29, 0.717) is 23.6 Å². The van der Waals surface area contributed by atoms with E-state index < -0.39 is 11.9 Å². The summed E-state index contributed by atoms with van der Waals surface area (Å²) in [4.78, 5) is 24.9. The zero-order valence-electron chi connectivity index (χ0n) is 14.8. The van der Waals surface area contributed by atoms with Crippen molar-refractivity contribution in [3.8, 4) is 0 Å². The SMILES string of the molecule is CC(C)C(NC(=O)c1ccccc1Cl)C(=O)NCCc1cccc(F)c1. The Morgan fingerprint density at radius 3 is 2.50 bits per heavy atom. The highest BCUT2D eigenvalue weighted by atomic mass is 35.5. The summed E-state index contributed by atoms with van der Waals surface area (Å²) in [5.41, 5.74) is 1.12. The van der Waals surface area contributed by atoms with Gasteiger partial charge in [-0.25, -0.2) is 4.39 Å². The summed E-state index contributed by atoms with van der Waals surface area (Å²) in [5, 5.41) is 5.86. The highest BCUT2D eigenvalue weighted by molar-refractivity contribution is 6.33. The van der Waals surface area contributed by atoms with Gasteiger partial charge in [-0.15, -0.1) is 0 Å². The van der Waals surface area contributed by atoms with Crippen molar-refractivity contribution in [3.63, 3.8) is 0 Å². The number of carbonyl (C=O) groups is 2. The highest BCUT2D eigenvalue weighted by Gasteiger charge is 2.25. The number of hydrogen-bond donors (Lipinski definition) is 2. The molecule has 2 rings (SSSR count). The molecule has 4 nitrogen and oxygen atoms in total. The van der Waals surface area contributed by atoms with Crippen LogP contribution in [0.4, 0.5) is 4.39 Å². The Labute approximate surface area is 157 Å². The van der Waals surface area contributed by atoms with Gasteiger partial charge >= 0.3 is 0 Å². The summed E-state index contributed by atoms with van der Waals surface area (Å²) in [7, 11) is 0. The second-order valence-electron chi connectivity index (χ2n) is 6.35. The second-order valence-corrected chi connectivity index (χ2v) is 6.75. The fourth-order valence-corrected chi connectivity index (χ4v) is 2.75. The fraction of sp³-hybridized carbons (Fsp3) is 0.300. The summed E-state index contributed by atoms with van der Waals surface area (Å²) in [5.74, 6) is -1.08. The van der Waals surface area contributed by atoms with Gasteiger partial charge in [0.1, 0.15) is 11.9 Å². The van der Waals surface area contributed by atoms with E-state index in [-0.39, 0.29) is 17.6 Å². The Balaban J connectivity index is 1.94. The van der Waals surface area contributed by atoms with E-state index in [2.05, 4.69) is 10.6 Å². The molecule has 1 atom stereocenters. The van der Waals surface area contributed by atoms with E-state index in [1.165, 1.54) is 12.1 Å². The maximum absolute atomic E-state index is 13.2. The molecule has 0 spiro atoms. The zero-order chi connectivity index (χ0) is 19.1. The van der Waals surface area contributed by atoms with Gasteiger partial charge in [-0.1, -0.05) is 49.7 Å². The molecule has 0 aliphatic heterocycles. The highest BCUT2D eigenvalue weighted by Crippen LogP contribution is 2.15. The normalized spacial score (nSPS) is 11.9. The van der Waals surface area contributed by atoms with Crippen molar-refractivity contribution in [1.82, 2.24) is 10.6 Å². The van der Waals surface area contributed by atoms with Crippen molar-refractivity contribution in [3.05, 3.63) is 70.5 Å². The Hall–Kier alpha value is -2.40. The summed E-state index contributed by atoms with van der Waals surface area (Å²) in [6.45, 7) is 4.06. The smallest absolute Gasteiger partial charge is 0.253 e. The third-order valence-electron chi connectivity index (χ3n) is 3.96. The van der Waals surface area contributed by atoms with Crippen LogP contribution in [-0.2, 0) is 11.2 Å². The Morgan fingerprint density at radius 1 is 1.12 bits per heavy atom. The number of halogens is 2. The van der Waals surface area contributed by atoms with E-state index in [4.69, 9.17) is 11.6 Å². The molecule has 2 amide bonds. The van der Waals surface area contributed by atoms with Crippen LogP contribution < -0.4 is 10.6 Å². The van der Waals surface area contributed by atoms with Crippen molar-refractivity contribution in [2.45, 2.75) is 26.3 Å². The average Bonchev–Trinajstić information content (AvgIpc) is 2.59. The molecule has 2 aromatic carbocycles. The first kappa shape index (κ1) is 19.9. The van der Waals surface area contributed by atoms with Crippen molar-refractivity contribution >= 4 is 23.4 Å². The van der Waals surface area contributed by atoms with E-state index in [0.717, 1.165) is 5.56 Å². The molecule has 0 aliphatic carbocycles.